The van der Waals surface area contributed by atoms with Gasteiger partial charge < -0.3 is 15.4 Å². The topological polar surface area (TPSA) is 51.4 Å². The molecule has 0 spiro atoms. The molecular formula is C10H15F2N3O. The molecule has 4 nitrogen and oxygen atoms in total. The fraction of sp³-hybridized carbons (Fsp3) is 0.500. The maximum Gasteiger partial charge on any atom is 0.255 e. The normalized spacial score (nSPS) is 10.6. The van der Waals surface area contributed by atoms with Gasteiger partial charge in [-0.05, 0) is 19.1 Å². The molecule has 0 unspecified atom stereocenters. The van der Waals surface area contributed by atoms with Crippen molar-refractivity contribution in [2.75, 3.05) is 30.8 Å². The van der Waals surface area contributed by atoms with Gasteiger partial charge in [0, 0.05) is 7.05 Å². The average molecular weight is 231 g/mol. The lowest BCUT2D eigenvalue weighted by Gasteiger charge is -2.18. The van der Waals surface area contributed by atoms with Crippen molar-refractivity contribution in [3.05, 3.63) is 12.1 Å². The fourth-order valence-electron chi connectivity index (χ4n) is 1.21. The second-order valence-electron chi connectivity index (χ2n) is 3.27. The third-order valence-electron chi connectivity index (χ3n) is 1.96. The highest BCUT2D eigenvalue weighted by Crippen LogP contribution is 2.22. The van der Waals surface area contributed by atoms with Crippen molar-refractivity contribution in [2.45, 2.75) is 13.3 Å². The van der Waals surface area contributed by atoms with Gasteiger partial charge in [0.1, 0.15) is 5.82 Å². The maximum atomic E-state index is 12.2. The lowest BCUT2D eigenvalue weighted by atomic mass is 10.4. The molecule has 0 aliphatic heterocycles. The first-order chi connectivity index (χ1) is 7.54. The van der Waals surface area contributed by atoms with Crippen LogP contribution in [0.15, 0.2) is 12.1 Å². The van der Waals surface area contributed by atoms with Crippen LogP contribution in [0.25, 0.3) is 0 Å². The van der Waals surface area contributed by atoms with Crippen LogP contribution in [0.4, 0.5) is 20.3 Å². The van der Waals surface area contributed by atoms with Gasteiger partial charge >= 0.3 is 0 Å². The van der Waals surface area contributed by atoms with Crippen LogP contribution in [0.3, 0.4) is 0 Å². The van der Waals surface area contributed by atoms with Gasteiger partial charge in [-0.1, -0.05) is 0 Å². The molecule has 0 fully saturated rings. The van der Waals surface area contributed by atoms with Crippen LogP contribution < -0.4 is 15.4 Å². The van der Waals surface area contributed by atoms with E-state index in [1.54, 1.807) is 26.1 Å². The number of nitrogens with two attached hydrogens (primary N) is 1. The molecule has 0 aromatic carbocycles. The SMILES string of the molecule is CCOc1nc(N(C)CC(F)F)ccc1N. The van der Waals surface area contributed by atoms with E-state index < -0.39 is 6.43 Å². The molecule has 0 bridgehead atoms. The summed E-state index contributed by atoms with van der Waals surface area (Å²) < 4.78 is 29.5. The van der Waals surface area contributed by atoms with Crippen molar-refractivity contribution >= 4 is 11.5 Å². The van der Waals surface area contributed by atoms with Crippen LogP contribution in [0.1, 0.15) is 6.92 Å². The summed E-state index contributed by atoms with van der Waals surface area (Å²) in [5.74, 6) is 0.694. The van der Waals surface area contributed by atoms with Gasteiger partial charge in [-0.3, -0.25) is 0 Å². The van der Waals surface area contributed by atoms with Gasteiger partial charge in [0.05, 0.1) is 18.8 Å². The minimum atomic E-state index is -2.40. The van der Waals surface area contributed by atoms with E-state index in [9.17, 15) is 8.78 Å². The maximum absolute atomic E-state index is 12.2. The average Bonchev–Trinajstić information content (AvgIpc) is 2.20. The number of nitrogen functional groups attached to an aromatic ring is 1. The second-order valence-corrected chi connectivity index (χ2v) is 3.27. The highest BCUT2D eigenvalue weighted by Gasteiger charge is 2.11. The van der Waals surface area contributed by atoms with E-state index in [-0.39, 0.29) is 12.4 Å². The molecule has 0 aliphatic carbocycles. The molecule has 0 aliphatic rings. The zero-order chi connectivity index (χ0) is 12.1. The van der Waals surface area contributed by atoms with Crippen LogP contribution in [0.2, 0.25) is 0 Å². The van der Waals surface area contributed by atoms with E-state index in [4.69, 9.17) is 10.5 Å². The number of hydrogen-bond donors (Lipinski definition) is 1. The van der Waals surface area contributed by atoms with Gasteiger partial charge in [0.15, 0.2) is 0 Å². The van der Waals surface area contributed by atoms with Gasteiger partial charge in [0.25, 0.3) is 6.43 Å². The van der Waals surface area contributed by atoms with Crippen LogP contribution in [0.5, 0.6) is 5.88 Å². The lowest BCUT2D eigenvalue weighted by molar-refractivity contribution is 0.156. The number of ether oxygens (including phenoxy) is 1. The molecule has 1 rings (SSSR count). The summed E-state index contributed by atoms with van der Waals surface area (Å²) in [6.45, 7) is 1.86. The number of halogens is 2. The monoisotopic (exact) mass is 231 g/mol. The van der Waals surface area contributed by atoms with E-state index in [0.29, 0.717) is 18.1 Å². The third-order valence-corrected chi connectivity index (χ3v) is 1.96. The standard InChI is InChI=1S/C10H15F2N3O/c1-3-16-10-7(13)4-5-9(14-10)15(2)6-8(11)12/h4-5,8H,3,6,13H2,1-2H3. The second kappa shape index (κ2) is 5.48. The Morgan fingerprint density at radius 2 is 2.19 bits per heavy atom. The third kappa shape index (κ3) is 3.22. The van der Waals surface area contributed by atoms with Crippen LogP contribution in [-0.4, -0.2) is 31.6 Å². The largest absolute Gasteiger partial charge is 0.476 e. The molecule has 90 valence electrons. The Bertz CT molecular complexity index is 347. The van der Waals surface area contributed by atoms with Crippen molar-refractivity contribution in [3.8, 4) is 5.88 Å². The molecule has 1 heterocycles. The minimum Gasteiger partial charge on any atom is -0.476 e. The highest BCUT2D eigenvalue weighted by molar-refractivity contribution is 5.54. The number of nitrogens with zero attached hydrogens (tertiary/aromatic N) is 2. The summed E-state index contributed by atoms with van der Waals surface area (Å²) in [5.41, 5.74) is 6.02. The molecule has 1 aromatic heterocycles. The smallest absolute Gasteiger partial charge is 0.255 e. The molecule has 16 heavy (non-hydrogen) atoms. The number of anilines is 2. The first-order valence-corrected chi connectivity index (χ1v) is 4.93. The number of rotatable bonds is 5. The first-order valence-electron chi connectivity index (χ1n) is 4.93. The minimum absolute atomic E-state index is 0.279. The van der Waals surface area contributed by atoms with Gasteiger partial charge in [-0.25, -0.2) is 8.78 Å². The number of aromatic nitrogens is 1. The Morgan fingerprint density at radius 3 is 2.75 bits per heavy atom. The van der Waals surface area contributed by atoms with Gasteiger partial charge in [-0.15, -0.1) is 0 Å². The molecule has 0 atom stereocenters. The molecule has 0 radical (unpaired) electrons. The van der Waals surface area contributed by atoms with Crippen molar-refractivity contribution in [1.29, 1.82) is 0 Å². The summed E-state index contributed by atoms with van der Waals surface area (Å²) in [7, 11) is 1.54. The predicted molar refractivity (Wildman–Crippen MR) is 59.1 cm³/mol. The summed E-state index contributed by atoms with van der Waals surface area (Å²) in [4.78, 5) is 5.41. The Balaban J connectivity index is 2.84. The van der Waals surface area contributed by atoms with Gasteiger partial charge in [0.2, 0.25) is 5.88 Å². The molecule has 0 amide bonds. The molecule has 0 saturated heterocycles. The van der Waals surface area contributed by atoms with Crippen molar-refractivity contribution in [3.63, 3.8) is 0 Å². The van der Waals surface area contributed by atoms with E-state index in [1.165, 1.54) is 4.90 Å². The number of alkyl halides is 2. The van der Waals surface area contributed by atoms with Crippen LogP contribution >= 0.6 is 0 Å². The molecule has 0 saturated carbocycles. The van der Waals surface area contributed by atoms with Crippen molar-refractivity contribution in [1.82, 2.24) is 4.98 Å². The summed E-state index contributed by atoms with van der Waals surface area (Å²) >= 11 is 0. The van der Waals surface area contributed by atoms with Gasteiger partial charge in [-0.2, -0.15) is 4.98 Å². The molecule has 6 heteroatoms. The number of hydrogen-bond acceptors (Lipinski definition) is 4. The highest BCUT2D eigenvalue weighted by atomic mass is 19.3. The Morgan fingerprint density at radius 1 is 1.50 bits per heavy atom. The van der Waals surface area contributed by atoms with E-state index >= 15 is 0 Å². The zero-order valence-corrected chi connectivity index (χ0v) is 9.28. The van der Waals surface area contributed by atoms with E-state index in [0.717, 1.165) is 0 Å². The van der Waals surface area contributed by atoms with Crippen LogP contribution in [-0.2, 0) is 0 Å². The zero-order valence-electron chi connectivity index (χ0n) is 9.28. The summed E-state index contributed by atoms with van der Waals surface area (Å²) in [6, 6.07) is 3.18. The Hall–Kier alpha value is -1.59. The summed E-state index contributed by atoms with van der Waals surface area (Å²) in [6.07, 6.45) is -2.40. The van der Waals surface area contributed by atoms with E-state index in [2.05, 4.69) is 4.98 Å². The number of pyridine rings is 1. The first kappa shape index (κ1) is 12.5. The Labute approximate surface area is 93.0 Å². The summed E-state index contributed by atoms with van der Waals surface area (Å²) in [5, 5.41) is 0. The lowest BCUT2D eigenvalue weighted by Crippen LogP contribution is -2.25. The molecule has 2 N–H and O–H groups in total. The fourth-order valence-corrected chi connectivity index (χ4v) is 1.21. The van der Waals surface area contributed by atoms with Crippen molar-refractivity contribution in [2.24, 2.45) is 0 Å². The molecular weight excluding hydrogens is 216 g/mol. The van der Waals surface area contributed by atoms with Crippen molar-refractivity contribution < 1.29 is 13.5 Å². The quantitative estimate of drug-likeness (QED) is 0.839. The predicted octanol–water partition coefficient (Wildman–Crippen LogP) is 1.76. The van der Waals surface area contributed by atoms with Crippen LogP contribution in [0, 0.1) is 0 Å². The molecule has 1 aromatic rings. The Kier molecular flexibility index (Phi) is 4.28. The van der Waals surface area contributed by atoms with E-state index in [1.807, 2.05) is 0 Å².